The van der Waals surface area contributed by atoms with Crippen LogP contribution in [0.25, 0.3) is 0 Å². The van der Waals surface area contributed by atoms with Gasteiger partial charge in [0.05, 0.1) is 10.4 Å². The van der Waals surface area contributed by atoms with E-state index in [0.29, 0.717) is 13.2 Å². The molecule has 1 aliphatic heterocycles. The van der Waals surface area contributed by atoms with Crippen LogP contribution in [-0.4, -0.2) is 49.1 Å². The van der Waals surface area contributed by atoms with Crippen molar-refractivity contribution in [1.29, 1.82) is 0 Å². The average Bonchev–Trinajstić information content (AvgIpc) is 3.06. The number of nitrogens with zero attached hydrogens (tertiary/aromatic N) is 2. The lowest BCUT2D eigenvalue weighted by Crippen LogP contribution is -2.51. The van der Waals surface area contributed by atoms with E-state index in [1.165, 1.54) is 8.66 Å². The standard InChI is InChI=1S/C19H24BrN3O2S/c1-25-14-16-4-2-3-15(11-16)12-21-19(24)23-9-7-22(8-10-23)13-17-5-6-18(20)26-17/h2-6,11H,7-10,12-14H2,1H3,(H,21,24). The van der Waals surface area contributed by atoms with Gasteiger partial charge in [0.1, 0.15) is 0 Å². The first-order valence-corrected chi connectivity index (χ1v) is 10.3. The summed E-state index contributed by atoms with van der Waals surface area (Å²) in [7, 11) is 1.69. The zero-order valence-electron chi connectivity index (χ0n) is 14.9. The maximum absolute atomic E-state index is 12.4. The Labute approximate surface area is 167 Å². The molecule has 0 atom stereocenters. The molecule has 1 aliphatic rings. The van der Waals surface area contributed by atoms with E-state index < -0.39 is 0 Å². The largest absolute Gasteiger partial charge is 0.380 e. The third-order valence-corrected chi connectivity index (χ3v) is 6.02. The Balaban J connectivity index is 1.42. The van der Waals surface area contributed by atoms with Crippen LogP contribution < -0.4 is 5.32 Å². The first-order chi connectivity index (χ1) is 12.6. The summed E-state index contributed by atoms with van der Waals surface area (Å²) < 4.78 is 6.32. The van der Waals surface area contributed by atoms with Crippen LogP contribution in [0.15, 0.2) is 40.2 Å². The SMILES string of the molecule is COCc1cccc(CNC(=O)N2CCN(Cc3ccc(Br)s3)CC2)c1. The average molecular weight is 438 g/mol. The molecule has 0 unspecified atom stereocenters. The Morgan fingerprint density at radius 3 is 2.65 bits per heavy atom. The molecule has 0 radical (unpaired) electrons. The highest BCUT2D eigenvalue weighted by Gasteiger charge is 2.21. The number of rotatable bonds is 6. The summed E-state index contributed by atoms with van der Waals surface area (Å²) in [6.45, 7) is 5.44. The van der Waals surface area contributed by atoms with Gasteiger partial charge >= 0.3 is 6.03 Å². The highest BCUT2D eigenvalue weighted by Crippen LogP contribution is 2.23. The van der Waals surface area contributed by atoms with E-state index >= 15 is 0 Å². The van der Waals surface area contributed by atoms with Gasteiger partial charge in [0, 0.05) is 51.3 Å². The maximum Gasteiger partial charge on any atom is 0.317 e. The van der Waals surface area contributed by atoms with Crippen molar-refractivity contribution in [3.63, 3.8) is 0 Å². The van der Waals surface area contributed by atoms with Crippen LogP contribution in [0.5, 0.6) is 0 Å². The van der Waals surface area contributed by atoms with Gasteiger partial charge < -0.3 is 15.0 Å². The molecular formula is C19H24BrN3O2S. The molecule has 2 aromatic rings. The number of benzene rings is 1. The molecule has 0 aliphatic carbocycles. The van der Waals surface area contributed by atoms with E-state index in [-0.39, 0.29) is 6.03 Å². The number of nitrogens with one attached hydrogen (secondary N) is 1. The fourth-order valence-electron chi connectivity index (χ4n) is 3.05. The van der Waals surface area contributed by atoms with Gasteiger partial charge in [-0.1, -0.05) is 24.3 Å². The number of ether oxygens (including phenoxy) is 1. The minimum absolute atomic E-state index is 0.0145. The minimum Gasteiger partial charge on any atom is -0.380 e. The summed E-state index contributed by atoms with van der Waals surface area (Å²) in [5.41, 5.74) is 2.21. The fraction of sp³-hybridized carbons (Fsp3) is 0.421. The number of hydrogen-bond donors (Lipinski definition) is 1. The lowest BCUT2D eigenvalue weighted by molar-refractivity contribution is 0.135. The second-order valence-corrected chi connectivity index (χ2v) is 8.93. The predicted octanol–water partition coefficient (Wildman–Crippen LogP) is 3.68. The van der Waals surface area contributed by atoms with E-state index in [4.69, 9.17) is 4.74 Å². The molecule has 140 valence electrons. The van der Waals surface area contributed by atoms with Gasteiger partial charge in [0.2, 0.25) is 0 Å². The Kier molecular flexibility index (Phi) is 7.07. The van der Waals surface area contributed by atoms with Crippen molar-refractivity contribution in [2.24, 2.45) is 0 Å². The normalized spacial score (nSPS) is 15.2. The number of thiophene rings is 1. The summed E-state index contributed by atoms with van der Waals surface area (Å²) in [5, 5.41) is 3.03. The molecule has 1 aromatic heterocycles. The molecule has 5 nitrogen and oxygen atoms in total. The topological polar surface area (TPSA) is 44.8 Å². The Morgan fingerprint density at radius 1 is 1.19 bits per heavy atom. The van der Waals surface area contributed by atoms with E-state index in [2.05, 4.69) is 44.3 Å². The second-order valence-electron chi connectivity index (χ2n) is 6.38. The Morgan fingerprint density at radius 2 is 1.96 bits per heavy atom. The molecule has 1 aromatic carbocycles. The van der Waals surface area contributed by atoms with Crippen molar-refractivity contribution in [2.45, 2.75) is 19.7 Å². The van der Waals surface area contributed by atoms with Crippen LogP contribution in [0.4, 0.5) is 4.79 Å². The van der Waals surface area contributed by atoms with Gasteiger partial charge in [0.25, 0.3) is 0 Å². The third kappa shape index (κ3) is 5.54. The van der Waals surface area contributed by atoms with Crippen LogP contribution in [0.2, 0.25) is 0 Å². The predicted molar refractivity (Wildman–Crippen MR) is 108 cm³/mol. The van der Waals surface area contributed by atoms with E-state index in [0.717, 1.165) is 43.9 Å². The lowest BCUT2D eigenvalue weighted by atomic mass is 10.1. The van der Waals surface area contributed by atoms with Crippen LogP contribution in [-0.2, 0) is 24.4 Å². The number of urea groups is 1. The van der Waals surface area contributed by atoms with Gasteiger partial charge in [-0.25, -0.2) is 4.79 Å². The molecule has 0 bridgehead atoms. The number of hydrogen-bond acceptors (Lipinski definition) is 4. The highest BCUT2D eigenvalue weighted by molar-refractivity contribution is 9.11. The van der Waals surface area contributed by atoms with E-state index in [1.807, 2.05) is 23.1 Å². The quantitative estimate of drug-likeness (QED) is 0.749. The van der Waals surface area contributed by atoms with Crippen LogP contribution in [0.1, 0.15) is 16.0 Å². The third-order valence-electron chi connectivity index (χ3n) is 4.41. The number of carbonyl (C=O) groups is 1. The molecule has 2 amide bonds. The summed E-state index contributed by atoms with van der Waals surface area (Å²) in [6, 6.07) is 12.4. The van der Waals surface area contributed by atoms with Gasteiger partial charge in [-0.3, -0.25) is 4.90 Å². The number of halogens is 1. The summed E-state index contributed by atoms with van der Waals surface area (Å²) in [5.74, 6) is 0. The number of carbonyl (C=O) groups excluding carboxylic acids is 1. The zero-order chi connectivity index (χ0) is 18.4. The Hall–Kier alpha value is -1.41. The molecule has 1 N–H and O–H groups in total. The summed E-state index contributed by atoms with van der Waals surface area (Å²) in [4.78, 5) is 18.1. The van der Waals surface area contributed by atoms with Gasteiger partial charge in [-0.05, 0) is 39.2 Å². The minimum atomic E-state index is 0.0145. The second kappa shape index (κ2) is 9.50. The molecule has 7 heteroatoms. The molecule has 1 fully saturated rings. The smallest absolute Gasteiger partial charge is 0.317 e. The van der Waals surface area contributed by atoms with Crippen molar-refractivity contribution in [1.82, 2.24) is 15.1 Å². The highest BCUT2D eigenvalue weighted by atomic mass is 79.9. The van der Waals surface area contributed by atoms with Crippen molar-refractivity contribution >= 4 is 33.3 Å². The van der Waals surface area contributed by atoms with Crippen molar-refractivity contribution < 1.29 is 9.53 Å². The number of amides is 2. The van der Waals surface area contributed by atoms with E-state index in [9.17, 15) is 4.79 Å². The van der Waals surface area contributed by atoms with Crippen molar-refractivity contribution in [3.05, 3.63) is 56.2 Å². The molecular weight excluding hydrogens is 414 g/mol. The van der Waals surface area contributed by atoms with Gasteiger partial charge in [-0.15, -0.1) is 11.3 Å². The number of methoxy groups -OCH3 is 1. The van der Waals surface area contributed by atoms with Crippen LogP contribution in [0.3, 0.4) is 0 Å². The maximum atomic E-state index is 12.4. The molecule has 3 rings (SSSR count). The fourth-order valence-corrected chi connectivity index (χ4v) is 4.58. The van der Waals surface area contributed by atoms with E-state index in [1.54, 1.807) is 18.4 Å². The first kappa shape index (κ1) is 19.4. The molecule has 26 heavy (non-hydrogen) atoms. The monoisotopic (exact) mass is 437 g/mol. The van der Waals surface area contributed by atoms with Gasteiger partial charge in [0.15, 0.2) is 0 Å². The van der Waals surface area contributed by atoms with Crippen molar-refractivity contribution in [2.75, 3.05) is 33.3 Å². The molecule has 2 heterocycles. The summed E-state index contributed by atoms with van der Waals surface area (Å²) in [6.07, 6.45) is 0. The molecule has 1 saturated heterocycles. The van der Waals surface area contributed by atoms with Crippen molar-refractivity contribution in [3.8, 4) is 0 Å². The van der Waals surface area contributed by atoms with Crippen LogP contribution >= 0.6 is 27.3 Å². The molecule has 0 saturated carbocycles. The lowest BCUT2D eigenvalue weighted by Gasteiger charge is -2.34. The summed E-state index contributed by atoms with van der Waals surface area (Å²) >= 11 is 5.28. The van der Waals surface area contributed by atoms with Crippen LogP contribution in [0, 0.1) is 0 Å². The Bertz CT molecular complexity index is 729. The first-order valence-electron chi connectivity index (χ1n) is 8.70. The zero-order valence-corrected chi connectivity index (χ0v) is 17.3. The molecule has 0 spiro atoms. The number of piperazine rings is 1. The van der Waals surface area contributed by atoms with Gasteiger partial charge in [-0.2, -0.15) is 0 Å².